The number of hydrogen-bond donors (Lipinski definition) is 0. The molecule has 0 aliphatic heterocycles. The van der Waals surface area contributed by atoms with Crippen LogP contribution >= 0.6 is 0 Å². The molecule has 5 aliphatic rings. The van der Waals surface area contributed by atoms with Crippen LogP contribution in [0.15, 0.2) is 12.2 Å². The summed E-state index contributed by atoms with van der Waals surface area (Å²) in [7, 11) is 0. The molecule has 184 valence electrons. The molecule has 5 rings (SSSR count). The number of carbonyl (C=O) groups excluding carboxylic acids is 2. The lowest BCUT2D eigenvalue weighted by molar-refractivity contribution is -0.329. The van der Waals surface area contributed by atoms with Crippen molar-refractivity contribution in [3.8, 4) is 0 Å². The van der Waals surface area contributed by atoms with Gasteiger partial charge >= 0.3 is 0 Å². The van der Waals surface area contributed by atoms with Crippen LogP contribution in [-0.2, 0) is 9.59 Å². The maximum absolute atomic E-state index is 12.9. The zero-order chi connectivity index (χ0) is 24.2. The Morgan fingerprint density at radius 3 is 2.21 bits per heavy atom. The maximum Gasteiger partial charge on any atom is 0.138 e. The molecule has 33 heavy (non-hydrogen) atoms. The van der Waals surface area contributed by atoms with Crippen LogP contribution in [0.1, 0.15) is 106 Å². The Hall–Kier alpha value is -1.12. The van der Waals surface area contributed by atoms with Crippen molar-refractivity contribution in [3.05, 3.63) is 12.2 Å². The summed E-state index contributed by atoms with van der Waals surface area (Å²) in [6, 6.07) is 0. The molecule has 0 bridgehead atoms. The second-order valence-corrected chi connectivity index (χ2v) is 14.3. The first-order valence-electron chi connectivity index (χ1n) is 13.7. The lowest BCUT2D eigenvalue weighted by Crippen LogP contribution is -2.67. The summed E-state index contributed by atoms with van der Waals surface area (Å²) in [5.74, 6) is 1.64. The summed E-state index contributed by atoms with van der Waals surface area (Å²) >= 11 is 0. The molecule has 9 unspecified atom stereocenters. The van der Waals surface area contributed by atoms with E-state index in [0.29, 0.717) is 29.5 Å². The molecule has 0 aromatic carbocycles. The molecule has 5 aliphatic carbocycles. The highest BCUT2D eigenvalue weighted by Crippen LogP contribution is 2.77. The fourth-order valence-electron chi connectivity index (χ4n) is 11.3. The number of ketones is 1. The molecule has 0 saturated heterocycles. The number of carboxylic acids is 1. The number of carbonyl (C=O) groups is 2. The monoisotopic (exact) mass is 453 g/mol. The molecule has 0 amide bonds. The summed E-state index contributed by atoms with van der Waals surface area (Å²) in [5.41, 5.74) is 0.819. The number of rotatable bonds is 2. The average Bonchev–Trinajstić information content (AvgIpc) is 3.13. The Labute approximate surface area is 201 Å². The first-order chi connectivity index (χ1) is 15.3. The highest BCUT2D eigenvalue weighted by molar-refractivity contribution is 5.85. The zero-order valence-corrected chi connectivity index (χ0v) is 21.9. The number of allylic oxidation sites excluding steroid dienone is 1. The highest BCUT2D eigenvalue weighted by atomic mass is 16.4. The predicted molar refractivity (Wildman–Crippen MR) is 129 cm³/mol. The number of carboxylic acid groups (broad SMARTS) is 1. The van der Waals surface area contributed by atoms with Gasteiger partial charge in [-0.25, -0.2) is 0 Å². The van der Waals surface area contributed by atoms with Crippen LogP contribution in [0.5, 0.6) is 0 Å². The van der Waals surface area contributed by atoms with Gasteiger partial charge in [0.25, 0.3) is 0 Å². The highest BCUT2D eigenvalue weighted by Gasteiger charge is 2.71. The fraction of sp³-hybridized carbons (Fsp3) is 0.867. The van der Waals surface area contributed by atoms with Gasteiger partial charge in [0.05, 0.1) is 0 Å². The molecule has 0 radical (unpaired) electrons. The number of hydrogen-bond acceptors (Lipinski definition) is 3. The SMILES string of the molecule is C=C(C)C1CCC2(C(=O)[O-])CCC3(C)C(CCC4C5(C)CCC(=O)C(C)(C)C5CCC43C)C12. The van der Waals surface area contributed by atoms with Gasteiger partial charge in [-0.05, 0) is 111 Å². The molecule has 0 aromatic heterocycles. The topological polar surface area (TPSA) is 57.2 Å². The summed E-state index contributed by atoms with van der Waals surface area (Å²) in [5, 5.41) is 12.6. The van der Waals surface area contributed by atoms with Gasteiger partial charge in [-0.15, -0.1) is 0 Å². The Morgan fingerprint density at radius 2 is 1.58 bits per heavy atom. The minimum absolute atomic E-state index is 0.136. The molecule has 0 heterocycles. The van der Waals surface area contributed by atoms with Gasteiger partial charge in [-0.2, -0.15) is 0 Å². The summed E-state index contributed by atoms with van der Waals surface area (Å²) in [6.45, 7) is 18.4. The van der Waals surface area contributed by atoms with Gasteiger partial charge in [0.2, 0.25) is 0 Å². The minimum atomic E-state index is -0.797. The van der Waals surface area contributed by atoms with E-state index in [1.165, 1.54) is 18.4 Å². The van der Waals surface area contributed by atoms with Crippen LogP contribution < -0.4 is 5.11 Å². The molecular weight excluding hydrogens is 408 g/mol. The van der Waals surface area contributed by atoms with Gasteiger partial charge < -0.3 is 9.90 Å². The smallest absolute Gasteiger partial charge is 0.138 e. The van der Waals surface area contributed by atoms with Crippen molar-refractivity contribution in [2.45, 2.75) is 106 Å². The van der Waals surface area contributed by atoms with Gasteiger partial charge in [0, 0.05) is 23.2 Å². The zero-order valence-electron chi connectivity index (χ0n) is 21.9. The molecule has 5 fully saturated rings. The number of fused-ring (bicyclic) bond motifs is 7. The lowest BCUT2D eigenvalue weighted by Gasteiger charge is -2.72. The lowest BCUT2D eigenvalue weighted by atomic mass is 9.32. The second-order valence-electron chi connectivity index (χ2n) is 14.3. The molecular formula is C30H45O3-. The van der Waals surface area contributed by atoms with Crippen molar-refractivity contribution in [2.75, 3.05) is 0 Å². The maximum atomic E-state index is 12.9. The third-order valence-electron chi connectivity index (χ3n) is 13.2. The average molecular weight is 454 g/mol. The Balaban J connectivity index is 1.57. The van der Waals surface area contributed by atoms with E-state index < -0.39 is 11.4 Å². The van der Waals surface area contributed by atoms with Crippen molar-refractivity contribution >= 4 is 11.8 Å². The Morgan fingerprint density at radius 1 is 0.879 bits per heavy atom. The number of aliphatic carboxylic acids is 1. The summed E-state index contributed by atoms with van der Waals surface area (Å²) < 4.78 is 0. The van der Waals surface area contributed by atoms with Gasteiger partial charge in [0.15, 0.2) is 0 Å². The number of Topliss-reactive ketones (excluding diaryl/α,β-unsaturated/α-hetero) is 1. The Bertz CT molecular complexity index is 902. The third kappa shape index (κ3) is 2.69. The molecule has 3 nitrogen and oxygen atoms in total. The van der Waals surface area contributed by atoms with Crippen LogP contribution in [0.25, 0.3) is 0 Å². The van der Waals surface area contributed by atoms with Crippen LogP contribution in [-0.4, -0.2) is 11.8 Å². The molecule has 3 heteroatoms. The van der Waals surface area contributed by atoms with Crippen molar-refractivity contribution in [2.24, 2.45) is 56.7 Å². The van der Waals surface area contributed by atoms with Crippen LogP contribution in [0.2, 0.25) is 0 Å². The predicted octanol–water partition coefficient (Wildman–Crippen LogP) is 5.96. The van der Waals surface area contributed by atoms with Crippen molar-refractivity contribution in [3.63, 3.8) is 0 Å². The first-order valence-corrected chi connectivity index (χ1v) is 13.7. The molecule has 0 spiro atoms. The van der Waals surface area contributed by atoms with Gasteiger partial charge in [-0.3, -0.25) is 4.79 Å². The van der Waals surface area contributed by atoms with Gasteiger partial charge in [-0.1, -0.05) is 46.8 Å². The third-order valence-corrected chi connectivity index (χ3v) is 13.2. The molecule has 5 saturated carbocycles. The second kappa shape index (κ2) is 6.97. The van der Waals surface area contributed by atoms with Crippen LogP contribution in [0.3, 0.4) is 0 Å². The Kier molecular flexibility index (Phi) is 4.99. The van der Waals surface area contributed by atoms with E-state index in [1.54, 1.807) is 0 Å². The summed E-state index contributed by atoms with van der Waals surface area (Å²) in [6.07, 6.45) is 9.84. The van der Waals surface area contributed by atoms with E-state index in [4.69, 9.17) is 0 Å². The van der Waals surface area contributed by atoms with Crippen LogP contribution in [0.4, 0.5) is 0 Å². The quantitative estimate of drug-likeness (QED) is 0.485. The standard InChI is InChI=1S/C30H46O3/c1-18(2)19-10-15-30(25(32)33)17-16-28(6)20(24(19)30)8-9-22-27(5)13-12-23(31)26(3,4)21(27)11-14-29(22,28)7/h19-22,24H,1,8-17H2,2-7H3,(H,32,33)/p-1. The van der Waals surface area contributed by atoms with Crippen molar-refractivity contribution < 1.29 is 14.7 Å². The van der Waals surface area contributed by atoms with Crippen molar-refractivity contribution in [1.82, 2.24) is 0 Å². The van der Waals surface area contributed by atoms with E-state index in [0.717, 1.165) is 51.4 Å². The summed E-state index contributed by atoms with van der Waals surface area (Å²) in [4.78, 5) is 25.5. The molecule has 0 N–H and O–H groups in total. The molecule has 9 atom stereocenters. The van der Waals surface area contributed by atoms with E-state index in [2.05, 4.69) is 48.1 Å². The largest absolute Gasteiger partial charge is 0.550 e. The van der Waals surface area contributed by atoms with E-state index in [9.17, 15) is 14.7 Å². The van der Waals surface area contributed by atoms with E-state index in [1.807, 2.05) is 0 Å². The van der Waals surface area contributed by atoms with Gasteiger partial charge in [0.1, 0.15) is 5.78 Å². The van der Waals surface area contributed by atoms with E-state index in [-0.39, 0.29) is 27.6 Å². The fourth-order valence-corrected chi connectivity index (χ4v) is 11.3. The minimum Gasteiger partial charge on any atom is -0.550 e. The van der Waals surface area contributed by atoms with Crippen LogP contribution in [0, 0.1) is 56.7 Å². The van der Waals surface area contributed by atoms with Crippen molar-refractivity contribution in [1.29, 1.82) is 0 Å². The first kappa shape index (κ1) is 23.6. The molecule has 0 aromatic rings. The normalized spacial score (nSPS) is 52.8. The van der Waals surface area contributed by atoms with E-state index >= 15 is 0 Å².